The Bertz CT molecular complexity index is 376. The molecule has 17 heavy (non-hydrogen) atoms. The average Bonchev–Trinajstić information content (AvgIpc) is 2.39. The van der Waals surface area contributed by atoms with Gasteiger partial charge in [-0.05, 0) is 24.2 Å². The van der Waals surface area contributed by atoms with Crippen LogP contribution in [0.15, 0.2) is 18.2 Å². The molecule has 1 aromatic carbocycles. The van der Waals surface area contributed by atoms with Gasteiger partial charge in [0.2, 0.25) is 0 Å². The van der Waals surface area contributed by atoms with E-state index in [-0.39, 0.29) is 5.82 Å². The van der Waals surface area contributed by atoms with Crippen LogP contribution in [-0.2, 0) is 5.88 Å². The van der Waals surface area contributed by atoms with Gasteiger partial charge in [-0.1, -0.05) is 13.0 Å². The van der Waals surface area contributed by atoms with Crippen LogP contribution in [-0.4, -0.2) is 37.6 Å². The number of benzene rings is 1. The minimum Gasteiger partial charge on any atom is -0.367 e. The van der Waals surface area contributed by atoms with Crippen LogP contribution in [0.25, 0.3) is 0 Å². The van der Waals surface area contributed by atoms with E-state index in [4.69, 9.17) is 11.6 Å². The van der Waals surface area contributed by atoms with Crippen molar-refractivity contribution in [2.45, 2.75) is 12.8 Å². The van der Waals surface area contributed by atoms with Gasteiger partial charge in [-0.2, -0.15) is 0 Å². The van der Waals surface area contributed by atoms with Gasteiger partial charge >= 0.3 is 0 Å². The largest absolute Gasteiger partial charge is 0.367 e. The maximum Gasteiger partial charge on any atom is 0.146 e. The fourth-order valence-electron chi connectivity index (χ4n) is 2.19. The normalized spacial score (nSPS) is 17.5. The second-order valence-corrected chi connectivity index (χ2v) is 4.61. The smallest absolute Gasteiger partial charge is 0.146 e. The van der Waals surface area contributed by atoms with E-state index in [1.807, 2.05) is 12.1 Å². The summed E-state index contributed by atoms with van der Waals surface area (Å²) >= 11 is 5.69. The Hall–Kier alpha value is -0.800. The highest BCUT2D eigenvalue weighted by Gasteiger charge is 2.18. The number of anilines is 1. The van der Waals surface area contributed by atoms with Gasteiger partial charge in [0, 0.05) is 32.1 Å². The Morgan fingerprint density at radius 3 is 2.47 bits per heavy atom. The van der Waals surface area contributed by atoms with Crippen LogP contribution in [0.2, 0.25) is 0 Å². The first-order valence-electron chi connectivity index (χ1n) is 6.06. The maximum absolute atomic E-state index is 13.9. The van der Waals surface area contributed by atoms with Crippen molar-refractivity contribution in [2.24, 2.45) is 0 Å². The molecule has 1 fully saturated rings. The molecular formula is C13H18ClFN2. The predicted octanol–water partition coefficient (Wildman–Crippen LogP) is 2.71. The summed E-state index contributed by atoms with van der Waals surface area (Å²) < 4.78 is 13.9. The Kier molecular flexibility index (Phi) is 4.24. The van der Waals surface area contributed by atoms with Crippen LogP contribution in [0.1, 0.15) is 12.5 Å². The van der Waals surface area contributed by atoms with Crippen molar-refractivity contribution in [1.82, 2.24) is 4.90 Å². The zero-order valence-corrected chi connectivity index (χ0v) is 10.9. The molecule has 0 aromatic heterocycles. The number of piperazine rings is 1. The van der Waals surface area contributed by atoms with Crippen molar-refractivity contribution >= 4 is 17.3 Å². The minimum atomic E-state index is -0.159. The average molecular weight is 257 g/mol. The maximum atomic E-state index is 13.9. The number of likely N-dealkylation sites (N-methyl/N-ethyl adjacent to an activating group) is 1. The topological polar surface area (TPSA) is 6.48 Å². The Morgan fingerprint density at radius 1 is 1.24 bits per heavy atom. The fourth-order valence-corrected chi connectivity index (χ4v) is 2.36. The molecule has 1 heterocycles. The van der Waals surface area contributed by atoms with Crippen molar-refractivity contribution in [2.75, 3.05) is 37.6 Å². The van der Waals surface area contributed by atoms with E-state index < -0.39 is 0 Å². The van der Waals surface area contributed by atoms with Crippen molar-refractivity contribution in [3.8, 4) is 0 Å². The SMILES string of the molecule is CCN1CCN(c2ccc(CCl)cc2F)CC1. The summed E-state index contributed by atoms with van der Waals surface area (Å²) in [5.41, 5.74) is 1.54. The van der Waals surface area contributed by atoms with E-state index in [0.29, 0.717) is 11.6 Å². The molecule has 1 aliphatic rings. The molecule has 0 N–H and O–H groups in total. The standard InChI is InChI=1S/C13H18ClFN2/c1-2-16-5-7-17(8-6-16)13-4-3-11(10-14)9-12(13)15/h3-4,9H,2,5-8,10H2,1H3. The van der Waals surface area contributed by atoms with Crippen LogP contribution >= 0.6 is 11.6 Å². The van der Waals surface area contributed by atoms with Crippen LogP contribution in [0.4, 0.5) is 10.1 Å². The monoisotopic (exact) mass is 256 g/mol. The third-order valence-electron chi connectivity index (χ3n) is 3.33. The molecule has 0 atom stereocenters. The van der Waals surface area contributed by atoms with E-state index in [9.17, 15) is 4.39 Å². The van der Waals surface area contributed by atoms with Crippen molar-refractivity contribution in [1.29, 1.82) is 0 Å². The zero-order valence-electron chi connectivity index (χ0n) is 10.1. The van der Waals surface area contributed by atoms with Crippen LogP contribution in [0, 0.1) is 5.82 Å². The summed E-state index contributed by atoms with van der Waals surface area (Å²) in [6, 6.07) is 5.28. The van der Waals surface area contributed by atoms with Gasteiger partial charge in [0.1, 0.15) is 5.82 Å². The first kappa shape index (κ1) is 12.7. The molecule has 0 saturated carbocycles. The highest BCUT2D eigenvalue weighted by molar-refractivity contribution is 6.17. The molecular weight excluding hydrogens is 239 g/mol. The highest BCUT2D eigenvalue weighted by atomic mass is 35.5. The van der Waals surface area contributed by atoms with Crippen molar-refractivity contribution in [3.05, 3.63) is 29.6 Å². The summed E-state index contributed by atoms with van der Waals surface area (Å²) in [6.07, 6.45) is 0. The molecule has 1 aliphatic heterocycles. The van der Waals surface area contributed by atoms with Crippen molar-refractivity contribution in [3.63, 3.8) is 0 Å². The molecule has 2 nitrogen and oxygen atoms in total. The van der Waals surface area contributed by atoms with Gasteiger partial charge in [0.05, 0.1) is 5.69 Å². The van der Waals surface area contributed by atoms with Crippen molar-refractivity contribution < 1.29 is 4.39 Å². The fraction of sp³-hybridized carbons (Fsp3) is 0.538. The molecule has 2 rings (SSSR count). The third-order valence-corrected chi connectivity index (χ3v) is 3.64. The molecule has 0 unspecified atom stereocenters. The lowest BCUT2D eigenvalue weighted by Crippen LogP contribution is -2.46. The Balaban J connectivity index is 2.08. The van der Waals surface area contributed by atoms with E-state index >= 15 is 0 Å². The summed E-state index contributed by atoms with van der Waals surface area (Å²) in [5.74, 6) is 0.203. The Labute approximate surface area is 107 Å². The van der Waals surface area contributed by atoms with Gasteiger partial charge in [-0.15, -0.1) is 11.6 Å². The second-order valence-electron chi connectivity index (χ2n) is 4.34. The minimum absolute atomic E-state index is 0.159. The summed E-state index contributed by atoms with van der Waals surface area (Å²) in [6.45, 7) is 7.03. The predicted molar refractivity (Wildman–Crippen MR) is 70.3 cm³/mol. The van der Waals surface area contributed by atoms with E-state index in [1.54, 1.807) is 0 Å². The number of hydrogen-bond donors (Lipinski definition) is 0. The number of halogens is 2. The van der Waals surface area contributed by atoms with Gasteiger partial charge in [-0.25, -0.2) is 4.39 Å². The number of nitrogens with zero attached hydrogens (tertiary/aromatic N) is 2. The Morgan fingerprint density at radius 2 is 1.94 bits per heavy atom. The molecule has 0 bridgehead atoms. The molecule has 0 amide bonds. The molecule has 0 spiro atoms. The van der Waals surface area contributed by atoms with Crippen LogP contribution in [0.5, 0.6) is 0 Å². The van der Waals surface area contributed by atoms with E-state index in [1.165, 1.54) is 6.07 Å². The second kappa shape index (κ2) is 5.69. The van der Waals surface area contributed by atoms with Gasteiger partial charge in [0.25, 0.3) is 0 Å². The van der Waals surface area contributed by atoms with Crippen LogP contribution in [0.3, 0.4) is 0 Å². The molecule has 1 saturated heterocycles. The number of hydrogen-bond acceptors (Lipinski definition) is 2. The zero-order chi connectivity index (χ0) is 12.3. The molecule has 1 aromatic rings. The molecule has 4 heteroatoms. The first-order valence-corrected chi connectivity index (χ1v) is 6.59. The van der Waals surface area contributed by atoms with Crippen LogP contribution < -0.4 is 4.90 Å². The highest BCUT2D eigenvalue weighted by Crippen LogP contribution is 2.22. The number of rotatable bonds is 3. The summed E-state index contributed by atoms with van der Waals surface area (Å²) in [5, 5.41) is 0. The lowest BCUT2D eigenvalue weighted by Gasteiger charge is -2.35. The third kappa shape index (κ3) is 2.90. The van der Waals surface area contributed by atoms with E-state index in [0.717, 1.165) is 38.3 Å². The summed E-state index contributed by atoms with van der Waals surface area (Å²) in [7, 11) is 0. The molecule has 0 radical (unpaired) electrons. The van der Waals surface area contributed by atoms with Gasteiger partial charge < -0.3 is 9.80 Å². The lowest BCUT2D eigenvalue weighted by atomic mass is 10.2. The summed E-state index contributed by atoms with van der Waals surface area (Å²) in [4.78, 5) is 4.49. The van der Waals surface area contributed by atoms with E-state index in [2.05, 4.69) is 16.7 Å². The molecule has 0 aliphatic carbocycles. The lowest BCUT2D eigenvalue weighted by molar-refractivity contribution is 0.270. The first-order chi connectivity index (χ1) is 8.24. The van der Waals surface area contributed by atoms with Gasteiger partial charge in [-0.3, -0.25) is 0 Å². The van der Waals surface area contributed by atoms with Gasteiger partial charge in [0.15, 0.2) is 0 Å². The molecule has 94 valence electrons. The quantitative estimate of drug-likeness (QED) is 0.768. The number of alkyl halides is 1.